The van der Waals surface area contributed by atoms with E-state index in [-0.39, 0.29) is 11.5 Å². The fraction of sp³-hybridized carbons (Fsp3) is 0.545. The minimum Gasteiger partial charge on any atom is -0.383 e. The highest BCUT2D eigenvalue weighted by molar-refractivity contribution is 5.52. The van der Waals surface area contributed by atoms with Gasteiger partial charge in [-0.15, -0.1) is 0 Å². The topological polar surface area (TPSA) is 94.1 Å². The van der Waals surface area contributed by atoms with E-state index in [0.717, 1.165) is 6.54 Å². The number of anilines is 2. The number of aromatic nitrogens is 1. The molecule has 0 saturated heterocycles. The van der Waals surface area contributed by atoms with Crippen molar-refractivity contribution in [2.75, 3.05) is 17.6 Å². The lowest BCUT2D eigenvalue weighted by molar-refractivity contribution is -0.384. The van der Waals surface area contributed by atoms with E-state index in [1.165, 1.54) is 18.6 Å². The first-order chi connectivity index (χ1) is 7.88. The molecule has 17 heavy (non-hydrogen) atoms. The summed E-state index contributed by atoms with van der Waals surface area (Å²) in [5.74, 6) is 1.24. The van der Waals surface area contributed by atoms with E-state index in [1.807, 2.05) is 0 Å². The van der Waals surface area contributed by atoms with Crippen LogP contribution < -0.4 is 11.1 Å². The number of nitrogen functional groups attached to an aromatic ring is 1. The molecule has 6 heteroatoms. The number of pyridine rings is 1. The zero-order chi connectivity index (χ0) is 12.6. The molecule has 1 saturated carbocycles. The van der Waals surface area contributed by atoms with Crippen LogP contribution in [-0.2, 0) is 0 Å². The van der Waals surface area contributed by atoms with E-state index in [1.54, 1.807) is 0 Å². The first kappa shape index (κ1) is 11.6. The molecule has 0 bridgehead atoms. The number of rotatable bonds is 4. The summed E-state index contributed by atoms with van der Waals surface area (Å²) in [7, 11) is 0. The van der Waals surface area contributed by atoms with E-state index in [9.17, 15) is 10.1 Å². The van der Waals surface area contributed by atoms with Crippen molar-refractivity contribution in [3.05, 3.63) is 22.2 Å². The smallest absolute Gasteiger partial charge is 0.276 e. The number of hydrogen-bond donors (Lipinski definition) is 2. The molecule has 0 aliphatic heterocycles. The van der Waals surface area contributed by atoms with Gasteiger partial charge in [0.25, 0.3) is 5.69 Å². The highest BCUT2D eigenvalue weighted by atomic mass is 16.6. The Bertz CT molecular complexity index is 459. The summed E-state index contributed by atoms with van der Waals surface area (Å²) < 4.78 is 0. The van der Waals surface area contributed by atoms with Crippen LogP contribution in [-0.4, -0.2) is 16.5 Å². The Balaban J connectivity index is 2.03. The van der Waals surface area contributed by atoms with Gasteiger partial charge in [0.05, 0.1) is 17.1 Å². The van der Waals surface area contributed by atoms with E-state index >= 15 is 0 Å². The molecule has 1 aromatic rings. The SMILES string of the molecule is CC1(C)CC1CNc1cc([N+](=O)[O-])cc(N)n1. The molecule has 6 nitrogen and oxygen atoms in total. The average molecular weight is 236 g/mol. The average Bonchev–Trinajstić information content (AvgIpc) is 2.83. The van der Waals surface area contributed by atoms with Gasteiger partial charge in [0.1, 0.15) is 11.6 Å². The third-order valence-corrected chi connectivity index (χ3v) is 3.29. The number of hydrogen-bond acceptors (Lipinski definition) is 5. The fourth-order valence-electron chi connectivity index (χ4n) is 1.89. The predicted octanol–water partition coefficient (Wildman–Crippen LogP) is 2.03. The van der Waals surface area contributed by atoms with Crippen molar-refractivity contribution in [3.63, 3.8) is 0 Å². The largest absolute Gasteiger partial charge is 0.383 e. The summed E-state index contributed by atoms with van der Waals surface area (Å²) in [6, 6.07) is 2.66. The maximum absolute atomic E-state index is 10.7. The second kappa shape index (κ2) is 3.87. The normalized spacial score (nSPS) is 20.9. The summed E-state index contributed by atoms with van der Waals surface area (Å²) in [6.07, 6.45) is 1.17. The lowest BCUT2D eigenvalue weighted by Crippen LogP contribution is -2.09. The van der Waals surface area contributed by atoms with Gasteiger partial charge in [-0.2, -0.15) is 0 Å². The third-order valence-electron chi connectivity index (χ3n) is 3.29. The summed E-state index contributed by atoms with van der Waals surface area (Å²) in [5.41, 5.74) is 5.86. The molecule has 0 radical (unpaired) electrons. The first-order valence-electron chi connectivity index (χ1n) is 5.54. The lowest BCUT2D eigenvalue weighted by Gasteiger charge is -2.07. The summed E-state index contributed by atoms with van der Waals surface area (Å²) in [6.45, 7) is 5.18. The van der Waals surface area contributed by atoms with Gasteiger partial charge < -0.3 is 11.1 Å². The molecule has 0 amide bonds. The van der Waals surface area contributed by atoms with E-state index in [0.29, 0.717) is 17.2 Å². The molecule has 1 heterocycles. The molecule has 1 aromatic heterocycles. The number of nitrogens with one attached hydrogen (secondary N) is 1. The van der Waals surface area contributed by atoms with Crippen LogP contribution >= 0.6 is 0 Å². The molecule has 1 aliphatic rings. The molecule has 2 rings (SSSR count). The van der Waals surface area contributed by atoms with Gasteiger partial charge in [0.15, 0.2) is 0 Å². The number of nitrogens with zero attached hydrogens (tertiary/aromatic N) is 2. The van der Waals surface area contributed by atoms with Crippen LogP contribution in [0, 0.1) is 21.4 Å². The van der Waals surface area contributed by atoms with Crippen molar-refractivity contribution in [1.82, 2.24) is 4.98 Å². The van der Waals surface area contributed by atoms with Crippen LogP contribution in [0.4, 0.5) is 17.3 Å². The van der Waals surface area contributed by atoms with Crippen molar-refractivity contribution in [2.45, 2.75) is 20.3 Å². The Kier molecular flexibility index (Phi) is 2.65. The van der Waals surface area contributed by atoms with Gasteiger partial charge in [-0.25, -0.2) is 4.98 Å². The van der Waals surface area contributed by atoms with Crippen LogP contribution in [0.2, 0.25) is 0 Å². The Hall–Kier alpha value is -1.85. The molecule has 1 atom stereocenters. The molecule has 1 unspecified atom stereocenters. The van der Waals surface area contributed by atoms with Gasteiger partial charge in [-0.1, -0.05) is 13.8 Å². The van der Waals surface area contributed by atoms with Crippen LogP contribution in [0.5, 0.6) is 0 Å². The van der Waals surface area contributed by atoms with Crippen LogP contribution in [0.1, 0.15) is 20.3 Å². The molecule has 1 fully saturated rings. The Morgan fingerprint density at radius 2 is 2.29 bits per heavy atom. The highest BCUT2D eigenvalue weighted by Gasteiger charge is 2.45. The molecule has 1 aliphatic carbocycles. The standard InChI is InChI=1S/C11H16N4O2/c1-11(2)5-7(11)6-13-10-4-8(15(16)17)3-9(12)14-10/h3-4,7H,5-6H2,1-2H3,(H3,12,13,14). The minimum absolute atomic E-state index is 0.0324. The van der Waals surface area contributed by atoms with Crippen LogP contribution in [0.15, 0.2) is 12.1 Å². The Morgan fingerprint density at radius 1 is 1.65 bits per heavy atom. The molecule has 0 spiro atoms. The quantitative estimate of drug-likeness (QED) is 0.616. The van der Waals surface area contributed by atoms with Crippen molar-refractivity contribution in [3.8, 4) is 0 Å². The Labute approximate surface area is 99.4 Å². The van der Waals surface area contributed by atoms with Gasteiger partial charge in [0, 0.05) is 6.54 Å². The van der Waals surface area contributed by atoms with Gasteiger partial charge in [-0.3, -0.25) is 10.1 Å². The number of nitrogens with two attached hydrogens (primary N) is 1. The monoisotopic (exact) mass is 236 g/mol. The minimum atomic E-state index is -0.468. The van der Waals surface area contributed by atoms with Gasteiger partial charge in [0.2, 0.25) is 0 Å². The zero-order valence-corrected chi connectivity index (χ0v) is 9.93. The maximum Gasteiger partial charge on any atom is 0.276 e. The summed E-state index contributed by atoms with van der Waals surface area (Å²) in [4.78, 5) is 14.2. The molecule has 3 N–H and O–H groups in total. The van der Waals surface area contributed by atoms with Gasteiger partial charge >= 0.3 is 0 Å². The summed E-state index contributed by atoms with van der Waals surface area (Å²) >= 11 is 0. The van der Waals surface area contributed by atoms with Crippen molar-refractivity contribution in [1.29, 1.82) is 0 Å². The summed E-state index contributed by atoms with van der Waals surface area (Å²) in [5, 5.41) is 13.8. The van der Waals surface area contributed by atoms with E-state index < -0.39 is 4.92 Å². The highest BCUT2D eigenvalue weighted by Crippen LogP contribution is 2.51. The second-order valence-corrected chi connectivity index (χ2v) is 5.16. The van der Waals surface area contributed by atoms with Crippen LogP contribution in [0.25, 0.3) is 0 Å². The van der Waals surface area contributed by atoms with Crippen molar-refractivity contribution < 1.29 is 4.92 Å². The molecular weight excluding hydrogens is 220 g/mol. The molecular formula is C11H16N4O2. The van der Waals surface area contributed by atoms with Gasteiger partial charge in [-0.05, 0) is 17.8 Å². The van der Waals surface area contributed by atoms with E-state index in [4.69, 9.17) is 5.73 Å². The third kappa shape index (κ3) is 2.64. The maximum atomic E-state index is 10.7. The van der Waals surface area contributed by atoms with Crippen molar-refractivity contribution >= 4 is 17.3 Å². The first-order valence-corrected chi connectivity index (χ1v) is 5.54. The van der Waals surface area contributed by atoms with Crippen molar-refractivity contribution in [2.24, 2.45) is 11.3 Å². The molecule has 92 valence electrons. The zero-order valence-electron chi connectivity index (χ0n) is 9.93. The molecule has 0 aromatic carbocycles. The lowest BCUT2D eigenvalue weighted by atomic mass is 10.1. The number of nitro groups is 1. The fourth-order valence-corrected chi connectivity index (χ4v) is 1.89. The van der Waals surface area contributed by atoms with E-state index in [2.05, 4.69) is 24.1 Å². The Morgan fingerprint density at radius 3 is 2.82 bits per heavy atom. The predicted molar refractivity (Wildman–Crippen MR) is 65.7 cm³/mol. The second-order valence-electron chi connectivity index (χ2n) is 5.16. The van der Waals surface area contributed by atoms with Crippen LogP contribution in [0.3, 0.4) is 0 Å².